The number of rotatable bonds is 4. The molecule has 1 aliphatic rings. The number of ether oxygens (including phenoxy) is 1. The van der Waals surface area contributed by atoms with Crippen LogP contribution in [0, 0.1) is 5.92 Å². The number of methoxy groups -OCH3 is 1. The molecule has 1 saturated carbocycles. The summed E-state index contributed by atoms with van der Waals surface area (Å²) in [4.78, 5) is 11.2. The van der Waals surface area contributed by atoms with Crippen LogP contribution in [0.1, 0.15) is 19.3 Å². The van der Waals surface area contributed by atoms with Gasteiger partial charge in [0.05, 0.1) is 7.11 Å². The Morgan fingerprint density at radius 2 is 2.19 bits per heavy atom. The van der Waals surface area contributed by atoms with Gasteiger partial charge < -0.3 is 4.74 Å². The van der Waals surface area contributed by atoms with Gasteiger partial charge >= 0.3 is 16.3 Å². The molecule has 1 aliphatic carbocycles. The quantitative estimate of drug-likeness (QED) is 0.750. The summed E-state index contributed by atoms with van der Waals surface area (Å²) < 4.78 is 30.9. The number of carbonyl (C=O) groups is 1. The molecule has 1 rings (SSSR count). The minimum absolute atomic E-state index is 0.318. The summed E-state index contributed by atoms with van der Waals surface area (Å²) in [5.41, 5.74) is 0. The van der Waals surface area contributed by atoms with Gasteiger partial charge in [0.15, 0.2) is 0 Å². The molecule has 2 N–H and O–H groups in total. The Kier molecular flexibility index (Phi) is 5.00. The van der Waals surface area contributed by atoms with E-state index < -0.39 is 16.3 Å². The summed E-state index contributed by atoms with van der Waals surface area (Å²) in [6.07, 6.45) is 1.99. The van der Waals surface area contributed by atoms with Gasteiger partial charge in [-0.05, 0) is 25.2 Å². The first-order valence-electron chi connectivity index (χ1n) is 4.92. The van der Waals surface area contributed by atoms with E-state index in [1.807, 2.05) is 0 Å². The molecule has 0 radical (unpaired) electrons. The summed E-state index contributed by atoms with van der Waals surface area (Å²) in [7, 11) is -2.68. The van der Waals surface area contributed by atoms with Gasteiger partial charge in [0.1, 0.15) is 0 Å². The van der Waals surface area contributed by atoms with Gasteiger partial charge in [-0.25, -0.2) is 9.52 Å². The fourth-order valence-corrected chi connectivity index (χ4v) is 3.24. The van der Waals surface area contributed by atoms with Crippen LogP contribution in [-0.2, 0) is 14.9 Å². The summed E-state index contributed by atoms with van der Waals surface area (Å²) in [6.45, 7) is 0.342. The molecule has 0 aromatic carbocycles. The fourth-order valence-electron chi connectivity index (χ4n) is 1.61. The molecule has 0 bridgehead atoms. The van der Waals surface area contributed by atoms with Crippen LogP contribution >= 0.6 is 15.9 Å². The lowest BCUT2D eigenvalue weighted by Crippen LogP contribution is -2.41. The number of hydrogen-bond donors (Lipinski definition) is 2. The molecule has 2 atom stereocenters. The van der Waals surface area contributed by atoms with E-state index in [0.717, 1.165) is 26.4 Å². The highest BCUT2D eigenvalue weighted by atomic mass is 79.9. The number of nitrogens with one attached hydrogen (secondary N) is 2. The molecule has 8 heteroatoms. The first-order valence-corrected chi connectivity index (χ1v) is 7.32. The van der Waals surface area contributed by atoms with Crippen molar-refractivity contribution in [1.29, 1.82) is 0 Å². The molecule has 1 amide bonds. The van der Waals surface area contributed by atoms with Crippen LogP contribution in [0.15, 0.2) is 0 Å². The fraction of sp³-hybridized carbons (Fsp3) is 0.875. The van der Waals surface area contributed by atoms with Crippen molar-refractivity contribution >= 4 is 32.2 Å². The van der Waals surface area contributed by atoms with E-state index in [0.29, 0.717) is 17.3 Å². The normalized spacial score (nSPS) is 25.4. The molecule has 0 aliphatic heterocycles. The van der Waals surface area contributed by atoms with Crippen molar-refractivity contribution in [2.24, 2.45) is 5.92 Å². The smallest absolute Gasteiger partial charge is 0.421 e. The van der Waals surface area contributed by atoms with Crippen molar-refractivity contribution in [3.8, 4) is 0 Å². The van der Waals surface area contributed by atoms with E-state index in [1.165, 1.54) is 0 Å². The molecule has 0 aromatic heterocycles. The molecule has 0 spiro atoms. The average Bonchev–Trinajstić information content (AvgIpc) is 2.61. The Bertz CT molecular complexity index is 346. The molecule has 1 fully saturated rings. The van der Waals surface area contributed by atoms with Gasteiger partial charge in [-0.15, -0.1) is 0 Å². The lowest BCUT2D eigenvalue weighted by atomic mass is 10.1. The highest BCUT2D eigenvalue weighted by Gasteiger charge is 2.24. The molecule has 6 nitrogen and oxygen atoms in total. The third-order valence-electron chi connectivity index (χ3n) is 2.44. The molecular formula is C8H15BrN2O4S. The minimum atomic E-state index is -3.79. The maximum atomic E-state index is 11.3. The second-order valence-corrected chi connectivity index (χ2v) is 6.52. The van der Waals surface area contributed by atoms with Gasteiger partial charge in [0.2, 0.25) is 0 Å². The summed E-state index contributed by atoms with van der Waals surface area (Å²) in [6, 6.07) is 0. The molecule has 2 unspecified atom stereocenters. The summed E-state index contributed by atoms with van der Waals surface area (Å²) >= 11 is 3.48. The second-order valence-electron chi connectivity index (χ2n) is 3.72. The Balaban J connectivity index is 2.33. The van der Waals surface area contributed by atoms with Crippen LogP contribution in [0.4, 0.5) is 4.79 Å². The van der Waals surface area contributed by atoms with E-state index in [1.54, 1.807) is 4.72 Å². The predicted octanol–water partition coefficient (Wildman–Crippen LogP) is 0.740. The van der Waals surface area contributed by atoms with Crippen molar-refractivity contribution in [2.75, 3.05) is 13.7 Å². The topological polar surface area (TPSA) is 84.5 Å². The van der Waals surface area contributed by atoms with E-state index in [-0.39, 0.29) is 0 Å². The maximum Gasteiger partial charge on any atom is 0.421 e. The van der Waals surface area contributed by atoms with Crippen LogP contribution in [0.5, 0.6) is 0 Å². The minimum Gasteiger partial charge on any atom is -0.452 e. The molecular weight excluding hydrogens is 300 g/mol. The molecule has 16 heavy (non-hydrogen) atoms. The zero-order valence-electron chi connectivity index (χ0n) is 8.90. The van der Waals surface area contributed by atoms with Gasteiger partial charge in [-0.1, -0.05) is 15.9 Å². The third-order valence-corrected chi connectivity index (χ3v) is 4.26. The Morgan fingerprint density at radius 1 is 1.50 bits per heavy atom. The monoisotopic (exact) mass is 314 g/mol. The first-order chi connectivity index (χ1) is 7.43. The first kappa shape index (κ1) is 13.7. The number of carbonyl (C=O) groups excluding carboxylic acids is 1. The predicted molar refractivity (Wildman–Crippen MR) is 62.5 cm³/mol. The molecule has 94 valence electrons. The van der Waals surface area contributed by atoms with Crippen molar-refractivity contribution in [3.63, 3.8) is 0 Å². The number of halogens is 1. The third kappa shape index (κ3) is 4.67. The van der Waals surface area contributed by atoms with Crippen LogP contribution in [0.2, 0.25) is 0 Å². The standard InChI is InChI=1S/C8H15BrN2O4S/c1-15-8(12)11-16(13,14)10-5-6-2-3-7(9)4-6/h6-7,10H,2-5H2,1H3,(H,11,12). The molecule has 0 saturated heterocycles. The highest BCUT2D eigenvalue weighted by molar-refractivity contribution is 9.09. The van der Waals surface area contributed by atoms with E-state index in [4.69, 9.17) is 0 Å². The number of hydrogen-bond acceptors (Lipinski definition) is 4. The lowest BCUT2D eigenvalue weighted by Gasteiger charge is -2.11. The largest absolute Gasteiger partial charge is 0.452 e. The summed E-state index contributed by atoms with van der Waals surface area (Å²) in [5, 5.41) is 0. The SMILES string of the molecule is COC(=O)NS(=O)(=O)NCC1CCC(Br)C1. The van der Waals surface area contributed by atoms with Crippen molar-refractivity contribution < 1.29 is 17.9 Å². The zero-order chi connectivity index (χ0) is 12.2. The average molecular weight is 315 g/mol. The van der Waals surface area contributed by atoms with E-state index in [9.17, 15) is 13.2 Å². The van der Waals surface area contributed by atoms with Crippen molar-refractivity contribution in [2.45, 2.75) is 24.1 Å². The van der Waals surface area contributed by atoms with E-state index in [2.05, 4.69) is 25.4 Å². The zero-order valence-corrected chi connectivity index (χ0v) is 11.3. The lowest BCUT2D eigenvalue weighted by molar-refractivity contribution is 0.177. The molecule has 0 aromatic rings. The van der Waals surface area contributed by atoms with Crippen LogP contribution in [0.25, 0.3) is 0 Å². The second kappa shape index (κ2) is 5.83. The maximum absolute atomic E-state index is 11.3. The summed E-state index contributed by atoms with van der Waals surface area (Å²) in [5.74, 6) is 0.318. The van der Waals surface area contributed by atoms with Gasteiger partial charge in [0, 0.05) is 11.4 Å². The Hall–Kier alpha value is -0.340. The van der Waals surface area contributed by atoms with Crippen LogP contribution < -0.4 is 9.44 Å². The Morgan fingerprint density at radius 3 is 2.69 bits per heavy atom. The Labute approximate surface area is 103 Å². The van der Waals surface area contributed by atoms with Crippen molar-refractivity contribution in [3.05, 3.63) is 0 Å². The van der Waals surface area contributed by atoms with Gasteiger partial charge in [0.25, 0.3) is 0 Å². The highest BCUT2D eigenvalue weighted by Crippen LogP contribution is 2.29. The van der Waals surface area contributed by atoms with Crippen LogP contribution in [-0.4, -0.2) is 33.0 Å². The van der Waals surface area contributed by atoms with Gasteiger partial charge in [-0.2, -0.15) is 13.1 Å². The van der Waals surface area contributed by atoms with Gasteiger partial charge in [-0.3, -0.25) is 0 Å². The number of alkyl halides is 1. The van der Waals surface area contributed by atoms with Crippen molar-refractivity contribution in [1.82, 2.24) is 9.44 Å². The number of amides is 1. The van der Waals surface area contributed by atoms with E-state index >= 15 is 0 Å². The van der Waals surface area contributed by atoms with Crippen LogP contribution in [0.3, 0.4) is 0 Å². The molecule has 0 heterocycles.